The highest BCUT2D eigenvalue weighted by atomic mass is 31.2. The lowest BCUT2D eigenvalue weighted by atomic mass is 9.90. The predicted molar refractivity (Wildman–Crippen MR) is 229 cm³/mol. The molecule has 59 heavy (non-hydrogen) atoms. The number of phosphoric acid groups is 1. The number of carbonyl (C=O) groups is 3. The number of aryl methyl sites for hydroxylation is 2. The normalized spacial score (nSPS) is 19.1. The zero-order valence-corrected chi connectivity index (χ0v) is 37.3. The lowest BCUT2D eigenvalue weighted by molar-refractivity contribution is -0.161. The largest absolute Gasteiger partial charge is 0.472 e. The predicted octanol–water partition coefficient (Wildman–Crippen LogP) is 8.63. The Bertz CT molecular complexity index is 1460. The highest BCUT2D eigenvalue weighted by Crippen LogP contribution is 2.43. The van der Waals surface area contributed by atoms with Crippen molar-refractivity contribution in [2.45, 2.75) is 181 Å². The molecule has 0 aliphatic heterocycles. The van der Waals surface area contributed by atoms with Crippen LogP contribution < -0.4 is 5.73 Å². The van der Waals surface area contributed by atoms with Gasteiger partial charge in [-0.25, -0.2) is 4.57 Å². The number of carbonyl (C=O) groups excluding carboxylic acids is 3. The van der Waals surface area contributed by atoms with E-state index in [1.54, 1.807) is 12.2 Å². The number of hydrogen-bond donors (Lipinski definition) is 4. The first-order valence-corrected chi connectivity index (χ1v) is 23.8. The SMILES string of the molecule is CCCCCc1oc(CCCCCCCCC(=O)OC[C@H](COP(=O)(O)OCCN)OC(=O)CCC/C=C\C[C@H]2[C@@H](O)CC(=O)[C@@H]2/C=C/[C@@H](O)CCCCC)c(C)c1C. The summed E-state index contributed by atoms with van der Waals surface area (Å²) in [6.45, 7) is 7.53. The summed E-state index contributed by atoms with van der Waals surface area (Å²) < 4.78 is 39.0. The highest BCUT2D eigenvalue weighted by Gasteiger charge is 2.39. The number of esters is 2. The van der Waals surface area contributed by atoms with Gasteiger partial charge in [0, 0.05) is 50.5 Å². The van der Waals surface area contributed by atoms with E-state index in [-0.39, 0.29) is 50.7 Å². The Morgan fingerprint density at radius 2 is 1.49 bits per heavy atom. The van der Waals surface area contributed by atoms with Gasteiger partial charge in [-0.1, -0.05) is 95.9 Å². The summed E-state index contributed by atoms with van der Waals surface area (Å²) in [6, 6.07) is 0. The molecule has 0 amide bonds. The zero-order valence-electron chi connectivity index (χ0n) is 36.4. The van der Waals surface area contributed by atoms with Crippen molar-refractivity contribution in [2.75, 3.05) is 26.4 Å². The number of ketones is 1. The number of hydrogen-bond acceptors (Lipinski definition) is 12. The van der Waals surface area contributed by atoms with Gasteiger partial charge in [-0.2, -0.15) is 0 Å². The first-order chi connectivity index (χ1) is 28.3. The molecule has 0 radical (unpaired) electrons. The van der Waals surface area contributed by atoms with E-state index < -0.39 is 50.6 Å². The maximum Gasteiger partial charge on any atom is 0.472 e. The van der Waals surface area contributed by atoms with Gasteiger partial charge < -0.3 is 34.7 Å². The third kappa shape index (κ3) is 22.1. The Morgan fingerprint density at radius 1 is 0.864 bits per heavy atom. The molecule has 1 aromatic rings. The molecule has 6 atom stereocenters. The number of Topliss-reactive ketones (excluding diaryl/α,β-unsaturated/α-hetero) is 1. The van der Waals surface area contributed by atoms with Crippen LogP contribution in [0.3, 0.4) is 0 Å². The molecule has 1 aliphatic rings. The molecule has 14 heteroatoms. The van der Waals surface area contributed by atoms with Crippen LogP contribution in [0.4, 0.5) is 0 Å². The lowest BCUT2D eigenvalue weighted by Gasteiger charge is -2.19. The molecule has 2 rings (SSSR count). The Hall–Kier alpha value is -2.64. The standard InChI is InChI=1S/C45H76NO12P/c1-5-7-15-21-36(47)27-28-39-38(40(48)31-41(39)49)22-17-13-14-20-26-45(51)57-37(33-56-59(52,53)55-30-29-46)32-54-44(50)25-19-12-10-9-11-18-24-43-35(4)34(3)42(58-43)23-16-8-6-2/h13,17,27-28,36-40,47-48H,5-12,14-16,18-26,29-33,46H2,1-4H3,(H,52,53)/b17-13-,28-27+/t36-,37+,38+,39+,40-/m0/s1. The first-order valence-electron chi connectivity index (χ1n) is 22.3. The van der Waals surface area contributed by atoms with Crippen molar-refractivity contribution in [1.82, 2.24) is 0 Å². The van der Waals surface area contributed by atoms with Crippen LogP contribution in [0.5, 0.6) is 0 Å². The summed E-state index contributed by atoms with van der Waals surface area (Å²) in [5.41, 5.74) is 7.91. The van der Waals surface area contributed by atoms with E-state index in [1.165, 1.54) is 24.0 Å². The molecule has 338 valence electrons. The summed E-state index contributed by atoms with van der Waals surface area (Å²) in [4.78, 5) is 47.7. The van der Waals surface area contributed by atoms with Gasteiger partial charge in [0.1, 0.15) is 23.9 Å². The number of rotatable bonds is 34. The molecule has 5 N–H and O–H groups in total. The van der Waals surface area contributed by atoms with E-state index in [4.69, 9.17) is 28.7 Å². The molecule has 0 aromatic carbocycles. The van der Waals surface area contributed by atoms with E-state index in [9.17, 15) is 34.1 Å². The molecule has 0 bridgehead atoms. The maximum absolute atomic E-state index is 12.7. The minimum absolute atomic E-state index is 0.00306. The highest BCUT2D eigenvalue weighted by molar-refractivity contribution is 7.47. The Balaban J connectivity index is 1.73. The van der Waals surface area contributed by atoms with Gasteiger partial charge in [-0.05, 0) is 69.9 Å². The second-order valence-corrected chi connectivity index (χ2v) is 17.4. The number of allylic oxidation sites excluding steroid dienone is 3. The van der Waals surface area contributed by atoms with Gasteiger partial charge >= 0.3 is 19.8 Å². The molecule has 1 fully saturated rings. The number of phosphoric ester groups is 1. The minimum atomic E-state index is -4.47. The number of aliphatic hydroxyl groups is 2. The third-order valence-corrected chi connectivity index (χ3v) is 11.9. The van der Waals surface area contributed by atoms with Crippen LogP contribution in [0, 0.1) is 25.7 Å². The van der Waals surface area contributed by atoms with Crippen molar-refractivity contribution in [3.8, 4) is 0 Å². The third-order valence-electron chi connectivity index (χ3n) is 10.9. The van der Waals surface area contributed by atoms with Crippen LogP contribution in [-0.4, -0.2) is 77.5 Å². The maximum atomic E-state index is 12.7. The van der Waals surface area contributed by atoms with Crippen LogP contribution in [0.2, 0.25) is 0 Å². The second-order valence-electron chi connectivity index (χ2n) is 15.9. The topological polar surface area (TPSA) is 205 Å². The molecule has 1 aliphatic carbocycles. The summed E-state index contributed by atoms with van der Waals surface area (Å²) in [6.07, 6.45) is 21.3. The summed E-state index contributed by atoms with van der Waals surface area (Å²) in [5.74, 6) is 0.405. The minimum Gasteiger partial charge on any atom is -0.466 e. The summed E-state index contributed by atoms with van der Waals surface area (Å²) in [7, 11) is -4.47. The van der Waals surface area contributed by atoms with E-state index >= 15 is 0 Å². The first kappa shape index (κ1) is 52.5. The molecule has 0 saturated heterocycles. The molecule has 1 saturated carbocycles. The fourth-order valence-electron chi connectivity index (χ4n) is 7.20. The van der Waals surface area contributed by atoms with E-state index in [0.29, 0.717) is 32.1 Å². The van der Waals surface area contributed by atoms with Crippen molar-refractivity contribution >= 4 is 25.5 Å². The molecule has 1 aromatic heterocycles. The lowest BCUT2D eigenvalue weighted by Crippen LogP contribution is -2.29. The molecular formula is C45H76NO12P. The van der Waals surface area contributed by atoms with Crippen LogP contribution in [0.25, 0.3) is 0 Å². The zero-order chi connectivity index (χ0) is 43.5. The van der Waals surface area contributed by atoms with Gasteiger partial charge in [0.05, 0.1) is 25.4 Å². The van der Waals surface area contributed by atoms with Crippen molar-refractivity contribution in [3.05, 3.63) is 47.0 Å². The number of ether oxygens (including phenoxy) is 2. The van der Waals surface area contributed by atoms with Gasteiger partial charge in [0.2, 0.25) is 0 Å². The van der Waals surface area contributed by atoms with E-state index in [2.05, 4.69) is 27.7 Å². The monoisotopic (exact) mass is 854 g/mol. The second kappa shape index (κ2) is 30.4. The Kier molecular flexibility index (Phi) is 27.0. The van der Waals surface area contributed by atoms with Gasteiger partial charge in [-0.3, -0.25) is 23.4 Å². The molecule has 1 unspecified atom stereocenters. The number of nitrogens with two attached hydrogens (primary N) is 1. The van der Waals surface area contributed by atoms with Crippen molar-refractivity contribution < 1.29 is 57.0 Å². The number of unbranched alkanes of at least 4 members (excludes halogenated alkanes) is 10. The van der Waals surface area contributed by atoms with Gasteiger partial charge in [0.15, 0.2) is 6.10 Å². The average Bonchev–Trinajstić information content (AvgIpc) is 3.63. The Labute approximate surface area is 353 Å². The van der Waals surface area contributed by atoms with Crippen LogP contribution in [0.1, 0.15) is 158 Å². The van der Waals surface area contributed by atoms with Gasteiger partial charge in [0.25, 0.3) is 0 Å². The van der Waals surface area contributed by atoms with Crippen LogP contribution in [0.15, 0.2) is 28.7 Å². The molecule has 13 nitrogen and oxygen atoms in total. The fraction of sp³-hybridized carbons (Fsp3) is 0.756. The van der Waals surface area contributed by atoms with Crippen molar-refractivity contribution in [1.29, 1.82) is 0 Å². The van der Waals surface area contributed by atoms with E-state index in [1.807, 2.05) is 12.2 Å². The van der Waals surface area contributed by atoms with Crippen LogP contribution in [-0.2, 0) is 50.3 Å². The average molecular weight is 854 g/mol. The van der Waals surface area contributed by atoms with Crippen LogP contribution >= 0.6 is 7.82 Å². The smallest absolute Gasteiger partial charge is 0.466 e. The quantitative estimate of drug-likeness (QED) is 0.0222. The van der Waals surface area contributed by atoms with Crippen molar-refractivity contribution in [3.63, 3.8) is 0 Å². The number of aliphatic hydroxyl groups excluding tert-OH is 2. The van der Waals surface area contributed by atoms with Crippen molar-refractivity contribution in [2.24, 2.45) is 17.6 Å². The molecule has 1 heterocycles. The summed E-state index contributed by atoms with van der Waals surface area (Å²) in [5, 5.41) is 20.7. The Morgan fingerprint density at radius 3 is 2.17 bits per heavy atom. The number of furan rings is 1. The fourth-order valence-corrected chi connectivity index (χ4v) is 7.97. The summed E-state index contributed by atoms with van der Waals surface area (Å²) >= 11 is 0. The van der Waals surface area contributed by atoms with Gasteiger partial charge in [-0.15, -0.1) is 0 Å². The molecule has 0 spiro atoms. The van der Waals surface area contributed by atoms with E-state index in [0.717, 1.165) is 82.1 Å². The molecular weight excluding hydrogens is 777 g/mol.